The molecule has 1 aromatic carbocycles. The minimum Gasteiger partial charge on any atom is -0.488 e. The monoisotopic (exact) mass is 333 g/mol. The lowest BCUT2D eigenvalue weighted by atomic mass is 9.94. The lowest BCUT2D eigenvalue weighted by Crippen LogP contribution is -2.46. The largest absolute Gasteiger partial charge is 0.488 e. The summed E-state index contributed by atoms with van der Waals surface area (Å²) in [5.41, 5.74) is 0.158. The van der Waals surface area contributed by atoms with Crippen LogP contribution in [0.25, 0.3) is 0 Å². The van der Waals surface area contributed by atoms with Gasteiger partial charge in [-0.3, -0.25) is 4.79 Å². The molecule has 0 spiro atoms. The zero-order chi connectivity index (χ0) is 16.7. The zero-order valence-corrected chi connectivity index (χ0v) is 14.4. The number of carbonyl (C=O) groups is 1. The van der Waals surface area contributed by atoms with Gasteiger partial charge in [-0.05, 0) is 49.4 Å². The standard InChI is InChI=1S/C18H23NO3S/c1-3-18(2,9-10-20)19-17(21)14-6-4-7-15(12-14)22-13-16-8-5-11-23-16/h4-8,11-12,20H,3,9-10,13H2,1-2H3,(H,19,21). The van der Waals surface area contributed by atoms with Crippen molar-refractivity contribution in [2.75, 3.05) is 6.61 Å². The SMILES string of the molecule is CCC(C)(CCO)NC(=O)c1cccc(OCc2cccs2)c1. The molecule has 124 valence electrons. The van der Waals surface area contributed by atoms with Crippen molar-refractivity contribution in [1.29, 1.82) is 0 Å². The van der Waals surface area contributed by atoms with Crippen LogP contribution in [0.5, 0.6) is 5.75 Å². The zero-order valence-electron chi connectivity index (χ0n) is 13.5. The molecule has 0 radical (unpaired) electrons. The fourth-order valence-corrected chi connectivity index (χ4v) is 2.81. The molecule has 2 rings (SSSR count). The van der Waals surface area contributed by atoms with E-state index in [1.807, 2.05) is 43.5 Å². The van der Waals surface area contributed by atoms with Crippen LogP contribution in [-0.2, 0) is 6.61 Å². The number of hydrogen-bond donors (Lipinski definition) is 2. The average molecular weight is 333 g/mol. The van der Waals surface area contributed by atoms with Gasteiger partial charge in [0.25, 0.3) is 5.91 Å². The molecule has 1 heterocycles. The molecule has 0 saturated carbocycles. The Morgan fingerprint density at radius 1 is 1.35 bits per heavy atom. The normalized spacial score (nSPS) is 13.3. The Morgan fingerprint density at radius 2 is 2.17 bits per heavy atom. The van der Waals surface area contributed by atoms with Crippen LogP contribution >= 0.6 is 11.3 Å². The highest BCUT2D eigenvalue weighted by molar-refractivity contribution is 7.09. The van der Waals surface area contributed by atoms with Crippen molar-refractivity contribution in [3.63, 3.8) is 0 Å². The van der Waals surface area contributed by atoms with Crippen molar-refractivity contribution in [1.82, 2.24) is 5.32 Å². The van der Waals surface area contributed by atoms with Crippen molar-refractivity contribution in [3.05, 3.63) is 52.2 Å². The molecular weight excluding hydrogens is 310 g/mol. The van der Waals surface area contributed by atoms with Crippen LogP contribution in [-0.4, -0.2) is 23.2 Å². The van der Waals surface area contributed by atoms with Crippen LogP contribution in [0.15, 0.2) is 41.8 Å². The first-order valence-corrected chi connectivity index (χ1v) is 8.63. The third-order valence-electron chi connectivity index (χ3n) is 3.92. The third-order valence-corrected chi connectivity index (χ3v) is 4.77. The van der Waals surface area contributed by atoms with Gasteiger partial charge in [-0.1, -0.05) is 19.1 Å². The highest BCUT2D eigenvalue weighted by atomic mass is 32.1. The molecule has 0 fully saturated rings. The van der Waals surface area contributed by atoms with Crippen molar-refractivity contribution in [2.24, 2.45) is 0 Å². The van der Waals surface area contributed by atoms with Gasteiger partial charge in [-0.2, -0.15) is 0 Å². The van der Waals surface area contributed by atoms with Crippen molar-refractivity contribution >= 4 is 17.2 Å². The number of benzene rings is 1. The number of carbonyl (C=O) groups excluding carboxylic acids is 1. The quantitative estimate of drug-likeness (QED) is 0.776. The summed E-state index contributed by atoms with van der Waals surface area (Å²) in [5.74, 6) is 0.524. The van der Waals surface area contributed by atoms with Crippen LogP contribution in [0.4, 0.5) is 0 Å². The van der Waals surface area contributed by atoms with E-state index < -0.39 is 5.54 Å². The second-order valence-corrected chi connectivity index (χ2v) is 6.77. The second kappa shape index (κ2) is 8.13. The Bertz CT molecular complexity index is 627. The van der Waals surface area contributed by atoms with E-state index in [1.165, 1.54) is 0 Å². The molecular formula is C18H23NO3S. The van der Waals surface area contributed by atoms with Gasteiger partial charge in [0.15, 0.2) is 0 Å². The number of rotatable bonds is 8. The van der Waals surface area contributed by atoms with Gasteiger partial charge in [-0.15, -0.1) is 11.3 Å². The molecule has 1 unspecified atom stereocenters. The number of amides is 1. The molecule has 23 heavy (non-hydrogen) atoms. The van der Waals surface area contributed by atoms with E-state index in [0.29, 0.717) is 24.3 Å². The van der Waals surface area contributed by atoms with Crippen LogP contribution in [0.2, 0.25) is 0 Å². The van der Waals surface area contributed by atoms with E-state index in [1.54, 1.807) is 23.5 Å². The molecule has 0 aliphatic heterocycles. The fourth-order valence-electron chi connectivity index (χ4n) is 2.20. The van der Waals surface area contributed by atoms with Gasteiger partial charge < -0.3 is 15.2 Å². The van der Waals surface area contributed by atoms with Crippen molar-refractivity contribution in [2.45, 2.75) is 38.8 Å². The highest BCUT2D eigenvalue weighted by Crippen LogP contribution is 2.19. The van der Waals surface area contributed by atoms with Crippen molar-refractivity contribution < 1.29 is 14.6 Å². The maximum Gasteiger partial charge on any atom is 0.251 e. The smallest absolute Gasteiger partial charge is 0.251 e. The van der Waals surface area contributed by atoms with Crippen molar-refractivity contribution in [3.8, 4) is 5.75 Å². The first kappa shape index (κ1) is 17.5. The summed E-state index contributed by atoms with van der Waals surface area (Å²) in [6.07, 6.45) is 1.29. The Morgan fingerprint density at radius 3 is 2.83 bits per heavy atom. The number of ether oxygens (including phenoxy) is 1. The molecule has 0 aliphatic carbocycles. The van der Waals surface area contributed by atoms with Gasteiger partial charge in [0.2, 0.25) is 0 Å². The van der Waals surface area contributed by atoms with E-state index in [4.69, 9.17) is 9.84 Å². The van der Waals surface area contributed by atoms with Gasteiger partial charge in [0.1, 0.15) is 12.4 Å². The third kappa shape index (κ3) is 5.08. The van der Waals surface area contributed by atoms with Crippen LogP contribution in [0.1, 0.15) is 41.9 Å². The summed E-state index contributed by atoms with van der Waals surface area (Å²) >= 11 is 1.64. The van der Waals surface area contributed by atoms with E-state index in [-0.39, 0.29) is 12.5 Å². The summed E-state index contributed by atoms with van der Waals surface area (Å²) in [4.78, 5) is 13.6. The topological polar surface area (TPSA) is 58.6 Å². The van der Waals surface area contributed by atoms with E-state index in [0.717, 1.165) is 11.3 Å². The summed E-state index contributed by atoms with van der Waals surface area (Å²) < 4.78 is 5.74. The number of thiophene rings is 1. The molecule has 1 atom stereocenters. The van der Waals surface area contributed by atoms with Crippen LogP contribution in [0.3, 0.4) is 0 Å². The molecule has 0 saturated heterocycles. The Kier molecular flexibility index (Phi) is 6.19. The number of nitrogens with one attached hydrogen (secondary N) is 1. The fraction of sp³-hybridized carbons (Fsp3) is 0.389. The minimum atomic E-state index is -0.403. The Hall–Kier alpha value is -1.85. The summed E-state index contributed by atoms with van der Waals surface area (Å²) in [5, 5.41) is 14.2. The predicted octanol–water partition coefficient (Wildman–Crippen LogP) is 3.61. The first-order valence-electron chi connectivity index (χ1n) is 7.75. The van der Waals surface area contributed by atoms with E-state index in [2.05, 4.69) is 5.32 Å². The second-order valence-electron chi connectivity index (χ2n) is 5.74. The summed E-state index contributed by atoms with van der Waals surface area (Å²) in [7, 11) is 0. The molecule has 1 amide bonds. The van der Waals surface area contributed by atoms with E-state index >= 15 is 0 Å². The number of aliphatic hydroxyl groups is 1. The van der Waals surface area contributed by atoms with Gasteiger partial charge in [0.05, 0.1) is 0 Å². The summed E-state index contributed by atoms with van der Waals surface area (Å²) in [6, 6.07) is 11.2. The van der Waals surface area contributed by atoms with Gasteiger partial charge in [-0.25, -0.2) is 0 Å². The number of aliphatic hydroxyl groups excluding tert-OH is 1. The predicted molar refractivity (Wildman–Crippen MR) is 93.0 cm³/mol. The van der Waals surface area contributed by atoms with Crippen LogP contribution in [0, 0.1) is 0 Å². The maximum atomic E-state index is 12.4. The van der Waals surface area contributed by atoms with E-state index in [9.17, 15) is 4.79 Å². The molecule has 2 aromatic rings. The lowest BCUT2D eigenvalue weighted by molar-refractivity contribution is 0.0885. The highest BCUT2D eigenvalue weighted by Gasteiger charge is 2.24. The van der Waals surface area contributed by atoms with Gasteiger partial charge in [0, 0.05) is 22.6 Å². The maximum absolute atomic E-state index is 12.4. The Labute approximate surface area is 141 Å². The molecule has 2 N–H and O–H groups in total. The number of hydrogen-bond acceptors (Lipinski definition) is 4. The first-order chi connectivity index (χ1) is 11.1. The molecule has 0 aliphatic rings. The lowest BCUT2D eigenvalue weighted by Gasteiger charge is -2.29. The van der Waals surface area contributed by atoms with Crippen LogP contribution < -0.4 is 10.1 Å². The minimum absolute atomic E-state index is 0.0502. The molecule has 4 nitrogen and oxygen atoms in total. The molecule has 5 heteroatoms. The molecule has 1 aromatic heterocycles. The van der Waals surface area contributed by atoms with Gasteiger partial charge >= 0.3 is 0 Å². The molecule has 0 bridgehead atoms. The Balaban J connectivity index is 2.02. The average Bonchev–Trinajstić information content (AvgIpc) is 3.07. The summed E-state index contributed by atoms with van der Waals surface area (Å²) in [6.45, 7) is 4.49.